The van der Waals surface area contributed by atoms with E-state index in [1.54, 1.807) is 6.92 Å². The zero-order valence-electron chi connectivity index (χ0n) is 16.1. The standard InChI is InChI=1S/C9H19NO4S.C6H12O2.CH3/c1-5-7(2)8(11)10-9(3,4)6-15(12,13)14;1-4-5(2)6(7)8-3;/h7H,5-6H2,1-4H3,(H,10,11)(H,12,13,14);5H,4H2,1-3H3;1H3/q;;+1/p-1. The van der Waals surface area contributed by atoms with Crippen LogP contribution < -0.4 is 5.32 Å². The summed E-state index contributed by atoms with van der Waals surface area (Å²) in [5.41, 5.74) is -1.01. The predicted octanol–water partition coefficient (Wildman–Crippen LogP) is 2.13. The minimum absolute atomic E-state index is 0. The van der Waals surface area contributed by atoms with Gasteiger partial charge in [0.05, 0.1) is 28.9 Å². The molecule has 24 heavy (non-hydrogen) atoms. The van der Waals surface area contributed by atoms with Gasteiger partial charge in [-0.1, -0.05) is 27.7 Å². The molecule has 0 saturated carbocycles. The quantitative estimate of drug-likeness (QED) is 0.419. The summed E-state index contributed by atoms with van der Waals surface area (Å²) in [6, 6.07) is 0. The number of rotatable bonds is 7. The zero-order chi connectivity index (χ0) is 18.8. The first-order chi connectivity index (χ1) is 10.3. The predicted molar refractivity (Wildman–Crippen MR) is 94.1 cm³/mol. The third-order valence-electron chi connectivity index (χ3n) is 3.28. The average molecular weight is 368 g/mol. The Morgan fingerprint density at radius 3 is 1.79 bits per heavy atom. The topological polar surface area (TPSA) is 113 Å². The van der Waals surface area contributed by atoms with Crippen LogP contribution in [-0.4, -0.2) is 43.2 Å². The van der Waals surface area contributed by atoms with Crippen molar-refractivity contribution in [1.82, 2.24) is 5.32 Å². The van der Waals surface area contributed by atoms with E-state index in [0.29, 0.717) is 6.42 Å². The van der Waals surface area contributed by atoms with E-state index in [4.69, 9.17) is 0 Å². The van der Waals surface area contributed by atoms with Crippen LogP contribution in [0.15, 0.2) is 0 Å². The SMILES string of the molecule is CCC(C)C(=O)NC(C)(C)CS(=O)(=O)[O-].CCC(C)C(=O)OC.[CH3+]. The van der Waals surface area contributed by atoms with E-state index in [0.717, 1.165) is 6.42 Å². The second-order valence-corrected chi connectivity index (χ2v) is 7.62. The lowest BCUT2D eigenvalue weighted by Crippen LogP contribution is -2.49. The molecule has 2 atom stereocenters. The Morgan fingerprint density at radius 1 is 1.12 bits per heavy atom. The van der Waals surface area contributed by atoms with Crippen molar-refractivity contribution in [3.63, 3.8) is 0 Å². The number of methoxy groups -OCH3 is 1. The maximum Gasteiger partial charge on any atom is 0.308 e. The molecule has 0 aliphatic heterocycles. The number of carbonyl (C=O) groups is 2. The molecule has 0 rings (SSSR count). The van der Waals surface area contributed by atoms with Gasteiger partial charge >= 0.3 is 5.97 Å². The van der Waals surface area contributed by atoms with E-state index in [9.17, 15) is 22.6 Å². The largest absolute Gasteiger partial charge is 0.748 e. The Hall–Kier alpha value is -1.28. The summed E-state index contributed by atoms with van der Waals surface area (Å²) >= 11 is 0. The summed E-state index contributed by atoms with van der Waals surface area (Å²) in [4.78, 5) is 22.0. The van der Waals surface area contributed by atoms with Gasteiger partial charge in [-0.3, -0.25) is 9.59 Å². The summed E-state index contributed by atoms with van der Waals surface area (Å²) in [5.74, 6) is -1.07. The van der Waals surface area contributed by atoms with Gasteiger partial charge < -0.3 is 14.6 Å². The molecule has 0 aromatic heterocycles. The molecule has 8 heteroatoms. The normalized spacial score (nSPS) is 13.5. The maximum absolute atomic E-state index is 11.5. The highest BCUT2D eigenvalue weighted by Gasteiger charge is 2.25. The molecular weight excluding hydrogens is 334 g/mol. The highest BCUT2D eigenvalue weighted by Crippen LogP contribution is 2.09. The minimum Gasteiger partial charge on any atom is -0.748 e. The van der Waals surface area contributed by atoms with Crippen molar-refractivity contribution in [2.75, 3.05) is 12.9 Å². The molecule has 0 bridgehead atoms. The molecule has 0 aliphatic carbocycles. The molecule has 0 spiro atoms. The molecule has 7 nitrogen and oxygen atoms in total. The number of amides is 1. The molecule has 0 aliphatic rings. The van der Waals surface area contributed by atoms with Crippen LogP contribution in [0.5, 0.6) is 0 Å². The van der Waals surface area contributed by atoms with E-state index >= 15 is 0 Å². The van der Waals surface area contributed by atoms with Crippen LogP contribution in [0.4, 0.5) is 0 Å². The fraction of sp³-hybridized carbons (Fsp3) is 0.812. The van der Waals surface area contributed by atoms with Crippen LogP contribution in [0, 0.1) is 19.3 Å². The summed E-state index contributed by atoms with van der Waals surface area (Å²) in [7, 11) is -2.91. The number of esters is 1. The highest BCUT2D eigenvalue weighted by atomic mass is 32.2. The lowest BCUT2D eigenvalue weighted by atomic mass is 10.0. The van der Waals surface area contributed by atoms with Crippen molar-refractivity contribution in [2.45, 2.75) is 59.9 Å². The lowest BCUT2D eigenvalue weighted by Gasteiger charge is -2.28. The molecule has 0 aromatic carbocycles. The van der Waals surface area contributed by atoms with Gasteiger partial charge in [-0.15, -0.1) is 0 Å². The van der Waals surface area contributed by atoms with Crippen molar-refractivity contribution in [2.24, 2.45) is 11.8 Å². The van der Waals surface area contributed by atoms with Crippen molar-refractivity contribution in [3.8, 4) is 0 Å². The van der Waals surface area contributed by atoms with Gasteiger partial charge in [0.15, 0.2) is 0 Å². The lowest BCUT2D eigenvalue weighted by molar-refractivity contribution is -0.144. The third kappa shape index (κ3) is 14.3. The molecule has 0 radical (unpaired) electrons. The number of ether oxygens (including phenoxy) is 1. The molecule has 2 unspecified atom stereocenters. The van der Waals surface area contributed by atoms with E-state index in [-0.39, 0.29) is 31.1 Å². The van der Waals surface area contributed by atoms with E-state index in [2.05, 4.69) is 10.1 Å². The van der Waals surface area contributed by atoms with E-state index in [1.807, 2.05) is 20.8 Å². The Kier molecular flexibility index (Phi) is 13.9. The third-order valence-corrected chi connectivity index (χ3v) is 4.35. The number of nitrogens with one attached hydrogen (secondary N) is 1. The van der Waals surface area contributed by atoms with Gasteiger partial charge in [0.25, 0.3) is 0 Å². The van der Waals surface area contributed by atoms with Crippen LogP contribution in [0.1, 0.15) is 54.4 Å². The smallest absolute Gasteiger partial charge is 0.308 e. The second-order valence-electron chi connectivity index (χ2n) is 6.22. The van der Waals surface area contributed by atoms with Gasteiger partial charge in [0.2, 0.25) is 5.91 Å². The van der Waals surface area contributed by atoms with E-state index < -0.39 is 21.4 Å². The highest BCUT2D eigenvalue weighted by molar-refractivity contribution is 7.85. The second kappa shape index (κ2) is 12.1. The molecular formula is C16H33NO6S. The number of hydrogen-bond acceptors (Lipinski definition) is 6. The molecule has 0 aromatic rings. The first-order valence-corrected chi connectivity index (χ1v) is 9.20. The fourth-order valence-electron chi connectivity index (χ4n) is 1.49. The Balaban J connectivity index is -0.000000419. The van der Waals surface area contributed by atoms with Crippen molar-refractivity contribution in [1.29, 1.82) is 0 Å². The molecule has 0 fully saturated rings. The molecule has 0 heterocycles. The van der Waals surface area contributed by atoms with Gasteiger partial charge in [-0.25, -0.2) is 8.42 Å². The first kappa shape index (κ1) is 27.6. The molecule has 144 valence electrons. The fourth-order valence-corrected chi connectivity index (χ4v) is 2.44. The molecule has 0 saturated heterocycles. The Morgan fingerprint density at radius 2 is 1.54 bits per heavy atom. The van der Waals surface area contributed by atoms with Gasteiger partial charge in [-0.2, -0.15) is 0 Å². The maximum atomic E-state index is 11.5. The van der Waals surface area contributed by atoms with Crippen LogP contribution in [0.25, 0.3) is 0 Å². The summed E-state index contributed by atoms with van der Waals surface area (Å²) in [6.07, 6.45) is 1.53. The number of hydrogen-bond donors (Lipinski definition) is 1. The first-order valence-electron chi connectivity index (χ1n) is 7.63. The van der Waals surface area contributed by atoms with Gasteiger partial charge in [0.1, 0.15) is 0 Å². The monoisotopic (exact) mass is 367 g/mol. The Bertz CT molecular complexity index is 473. The summed E-state index contributed by atoms with van der Waals surface area (Å²) < 4.78 is 36.1. The summed E-state index contributed by atoms with van der Waals surface area (Å²) in [6.45, 7) is 10.5. The zero-order valence-corrected chi connectivity index (χ0v) is 17.0. The number of carbonyl (C=O) groups excluding carboxylic acids is 2. The van der Waals surface area contributed by atoms with Crippen molar-refractivity contribution < 1.29 is 27.3 Å². The van der Waals surface area contributed by atoms with Gasteiger partial charge in [0, 0.05) is 18.9 Å². The van der Waals surface area contributed by atoms with Crippen LogP contribution >= 0.6 is 0 Å². The molecule has 1 amide bonds. The minimum atomic E-state index is -4.32. The van der Waals surface area contributed by atoms with Crippen LogP contribution in [0.2, 0.25) is 0 Å². The molecule has 1 N–H and O–H groups in total. The van der Waals surface area contributed by atoms with Gasteiger partial charge in [-0.05, 0) is 26.7 Å². The van der Waals surface area contributed by atoms with Crippen molar-refractivity contribution >= 4 is 22.0 Å². The average Bonchev–Trinajstić information content (AvgIpc) is 2.41. The van der Waals surface area contributed by atoms with Crippen molar-refractivity contribution in [3.05, 3.63) is 7.43 Å². The van der Waals surface area contributed by atoms with Crippen LogP contribution in [-0.2, 0) is 24.4 Å². The van der Waals surface area contributed by atoms with E-state index in [1.165, 1.54) is 21.0 Å². The summed E-state index contributed by atoms with van der Waals surface area (Å²) in [5, 5.41) is 2.55. The Labute approximate surface area is 147 Å². The van der Waals surface area contributed by atoms with Crippen LogP contribution in [0.3, 0.4) is 0 Å².